The highest BCUT2D eigenvalue weighted by atomic mass is 16.3. The monoisotopic (exact) mass is 496 g/mol. The van der Waals surface area contributed by atoms with Gasteiger partial charge in [0.1, 0.15) is 5.75 Å². The van der Waals surface area contributed by atoms with Gasteiger partial charge >= 0.3 is 6.03 Å². The molecule has 8 nitrogen and oxygen atoms in total. The first kappa shape index (κ1) is 27.5. The molecule has 1 fully saturated rings. The number of primary amides is 1. The Labute approximate surface area is 213 Å². The van der Waals surface area contributed by atoms with Crippen molar-refractivity contribution in [2.75, 3.05) is 18.4 Å². The summed E-state index contributed by atoms with van der Waals surface area (Å²) in [5.74, 6) is 0.557. The average Bonchev–Trinajstić information content (AvgIpc) is 2.83. The molecule has 2 aromatic carbocycles. The van der Waals surface area contributed by atoms with E-state index in [0.29, 0.717) is 24.3 Å². The van der Waals surface area contributed by atoms with Gasteiger partial charge in [-0.1, -0.05) is 49.6 Å². The smallest absolute Gasteiger partial charge is 0.316 e. The van der Waals surface area contributed by atoms with Crippen LogP contribution >= 0.6 is 0 Å². The summed E-state index contributed by atoms with van der Waals surface area (Å²) in [5.41, 5.74) is 7.60. The van der Waals surface area contributed by atoms with Crippen LogP contribution in [0.3, 0.4) is 0 Å². The van der Waals surface area contributed by atoms with Gasteiger partial charge in [-0.2, -0.15) is 0 Å². The fourth-order valence-electron chi connectivity index (χ4n) is 4.80. The molecule has 3 rings (SSSR count). The SMILES string of the molecule is CC(C)(Cc1cccc(CC(=O)NCC2CCCCC2)c1)NC[C@H](O)c1ccc(O)c(NC(N)=O)c1. The predicted octanol–water partition coefficient (Wildman–Crippen LogP) is 3.77. The molecular formula is C28H40N4O4. The Kier molecular flexibility index (Phi) is 9.73. The highest BCUT2D eigenvalue weighted by molar-refractivity contribution is 5.89. The van der Waals surface area contributed by atoms with Gasteiger partial charge in [0.25, 0.3) is 0 Å². The second-order valence-corrected chi connectivity index (χ2v) is 10.5. The summed E-state index contributed by atoms with van der Waals surface area (Å²) in [6.07, 6.45) is 6.51. The second-order valence-electron chi connectivity index (χ2n) is 10.5. The first-order valence-corrected chi connectivity index (χ1v) is 12.8. The molecule has 3 amide bonds. The second kappa shape index (κ2) is 12.7. The molecule has 0 aromatic heterocycles. The summed E-state index contributed by atoms with van der Waals surface area (Å²) in [7, 11) is 0. The summed E-state index contributed by atoms with van der Waals surface area (Å²) in [4.78, 5) is 23.6. The quantitative estimate of drug-likeness (QED) is 0.263. The number of phenolic OH excluding ortho intramolecular Hbond substituents is 1. The molecule has 0 radical (unpaired) electrons. The molecular weight excluding hydrogens is 456 g/mol. The lowest BCUT2D eigenvalue weighted by atomic mass is 9.89. The van der Waals surface area contributed by atoms with Crippen LogP contribution in [-0.2, 0) is 17.6 Å². The van der Waals surface area contributed by atoms with Crippen molar-refractivity contribution in [1.29, 1.82) is 0 Å². The van der Waals surface area contributed by atoms with Gasteiger partial charge in [-0.25, -0.2) is 4.79 Å². The lowest BCUT2D eigenvalue weighted by Gasteiger charge is -2.28. The predicted molar refractivity (Wildman–Crippen MR) is 142 cm³/mol. The Hall–Kier alpha value is -3.10. The van der Waals surface area contributed by atoms with E-state index in [1.54, 1.807) is 6.07 Å². The number of hydrogen-bond donors (Lipinski definition) is 6. The van der Waals surface area contributed by atoms with E-state index in [-0.39, 0.29) is 29.4 Å². The van der Waals surface area contributed by atoms with Gasteiger partial charge in [0.05, 0.1) is 18.2 Å². The van der Waals surface area contributed by atoms with Crippen molar-refractivity contribution in [3.63, 3.8) is 0 Å². The summed E-state index contributed by atoms with van der Waals surface area (Å²) in [6.45, 7) is 5.16. The van der Waals surface area contributed by atoms with Gasteiger partial charge in [0.15, 0.2) is 0 Å². The Morgan fingerprint density at radius 3 is 2.53 bits per heavy atom. The molecule has 0 aliphatic heterocycles. The van der Waals surface area contributed by atoms with E-state index in [9.17, 15) is 19.8 Å². The molecule has 1 saturated carbocycles. The third-order valence-electron chi connectivity index (χ3n) is 6.75. The molecule has 36 heavy (non-hydrogen) atoms. The molecule has 2 aromatic rings. The first-order chi connectivity index (χ1) is 17.1. The molecule has 0 bridgehead atoms. The molecule has 1 aliphatic carbocycles. The third kappa shape index (κ3) is 8.84. The summed E-state index contributed by atoms with van der Waals surface area (Å²) in [6, 6.07) is 11.8. The van der Waals surface area contributed by atoms with Crippen LogP contribution in [0.2, 0.25) is 0 Å². The van der Waals surface area contributed by atoms with Crippen molar-refractivity contribution in [3.8, 4) is 5.75 Å². The molecule has 1 atom stereocenters. The number of β-amino-alcohol motifs (C(OH)–C–C–N with tert-alkyl or cyclic N) is 1. The number of aromatic hydroxyl groups is 1. The fourth-order valence-corrected chi connectivity index (χ4v) is 4.80. The third-order valence-corrected chi connectivity index (χ3v) is 6.75. The molecule has 0 unspecified atom stereocenters. The number of nitrogens with two attached hydrogens (primary N) is 1. The van der Waals surface area contributed by atoms with Crippen molar-refractivity contribution in [2.24, 2.45) is 11.7 Å². The lowest BCUT2D eigenvalue weighted by molar-refractivity contribution is -0.120. The average molecular weight is 497 g/mol. The van der Waals surface area contributed by atoms with Crippen LogP contribution in [0, 0.1) is 5.92 Å². The number of phenols is 1. The molecule has 0 spiro atoms. The number of hydrogen-bond acceptors (Lipinski definition) is 5. The molecule has 1 aliphatic rings. The largest absolute Gasteiger partial charge is 0.506 e. The van der Waals surface area contributed by atoms with Crippen molar-refractivity contribution < 1.29 is 19.8 Å². The van der Waals surface area contributed by atoms with Gasteiger partial charge in [0, 0.05) is 18.6 Å². The summed E-state index contributed by atoms with van der Waals surface area (Å²) >= 11 is 0. The van der Waals surface area contributed by atoms with Gasteiger partial charge in [0.2, 0.25) is 5.91 Å². The number of nitrogens with one attached hydrogen (secondary N) is 3. The van der Waals surface area contributed by atoms with Gasteiger partial charge in [-0.15, -0.1) is 0 Å². The number of aliphatic hydroxyl groups is 1. The Morgan fingerprint density at radius 1 is 1.08 bits per heavy atom. The van der Waals surface area contributed by atoms with Gasteiger partial charge in [-0.05, 0) is 67.9 Å². The van der Waals surface area contributed by atoms with Crippen LogP contribution in [0.5, 0.6) is 5.75 Å². The van der Waals surface area contributed by atoms with Crippen molar-refractivity contribution >= 4 is 17.6 Å². The van der Waals surface area contributed by atoms with Crippen LogP contribution in [0.15, 0.2) is 42.5 Å². The Morgan fingerprint density at radius 2 is 1.81 bits per heavy atom. The van der Waals surface area contributed by atoms with Gasteiger partial charge in [-0.3, -0.25) is 4.79 Å². The number of benzene rings is 2. The first-order valence-electron chi connectivity index (χ1n) is 12.8. The van der Waals surface area contributed by atoms with Crippen molar-refractivity contribution in [3.05, 3.63) is 59.2 Å². The number of urea groups is 1. The van der Waals surface area contributed by atoms with E-state index in [4.69, 9.17) is 5.73 Å². The normalized spacial score (nSPS) is 15.3. The van der Waals surface area contributed by atoms with Crippen molar-refractivity contribution in [1.82, 2.24) is 10.6 Å². The topological polar surface area (TPSA) is 137 Å². The van der Waals surface area contributed by atoms with Crippen LogP contribution < -0.4 is 21.7 Å². The zero-order valence-corrected chi connectivity index (χ0v) is 21.3. The van der Waals surface area contributed by atoms with E-state index >= 15 is 0 Å². The Bertz CT molecular complexity index is 1030. The minimum atomic E-state index is -0.850. The fraction of sp³-hybridized carbons (Fsp3) is 0.500. The van der Waals surface area contributed by atoms with Gasteiger partial charge < -0.3 is 31.9 Å². The number of carbonyl (C=O) groups is 2. The Balaban J connectivity index is 1.51. The number of aliphatic hydroxyl groups excluding tert-OH is 1. The van der Waals surface area contributed by atoms with E-state index in [2.05, 4.69) is 35.9 Å². The maximum atomic E-state index is 12.5. The lowest BCUT2D eigenvalue weighted by Crippen LogP contribution is -2.43. The van der Waals surface area contributed by atoms with Crippen LogP contribution in [0.1, 0.15) is 68.7 Å². The van der Waals surface area contributed by atoms with E-state index in [1.165, 1.54) is 44.2 Å². The van der Waals surface area contributed by atoms with E-state index < -0.39 is 12.1 Å². The van der Waals surface area contributed by atoms with E-state index in [0.717, 1.165) is 17.7 Å². The van der Waals surface area contributed by atoms with E-state index in [1.807, 2.05) is 18.2 Å². The highest BCUT2D eigenvalue weighted by Gasteiger charge is 2.21. The molecule has 196 valence electrons. The molecule has 0 saturated heterocycles. The van der Waals surface area contributed by atoms with Crippen LogP contribution in [-0.4, -0.2) is 40.8 Å². The standard InChI is InChI=1S/C28H40N4O4/c1-28(2,31-18-25(34)22-11-12-24(33)23(15-22)32-27(29)36)16-21-10-6-9-20(13-21)14-26(35)30-17-19-7-4-3-5-8-19/h6,9-13,15,19,25,31,33-34H,3-5,7-8,14,16-18H2,1-2H3,(H,30,35)(H3,29,32,36)/t25-/m0/s1. The molecule has 7 N–H and O–H groups in total. The zero-order valence-electron chi connectivity index (χ0n) is 21.3. The number of carbonyl (C=O) groups excluding carboxylic acids is 2. The van der Waals surface area contributed by atoms with Crippen LogP contribution in [0.4, 0.5) is 10.5 Å². The molecule has 8 heteroatoms. The maximum absolute atomic E-state index is 12.5. The minimum Gasteiger partial charge on any atom is -0.506 e. The maximum Gasteiger partial charge on any atom is 0.316 e. The summed E-state index contributed by atoms with van der Waals surface area (Å²) in [5, 5.41) is 29.4. The number of amides is 3. The van der Waals surface area contributed by atoms with Crippen LogP contribution in [0.25, 0.3) is 0 Å². The number of rotatable bonds is 11. The molecule has 0 heterocycles. The van der Waals surface area contributed by atoms with Crippen molar-refractivity contribution in [2.45, 2.75) is 70.4 Å². The highest BCUT2D eigenvalue weighted by Crippen LogP contribution is 2.27. The summed E-state index contributed by atoms with van der Waals surface area (Å²) < 4.78 is 0. The zero-order chi connectivity index (χ0) is 26.1. The minimum absolute atomic E-state index is 0.0670. The number of anilines is 1.